The smallest absolute Gasteiger partial charge is 0.316 e. The summed E-state index contributed by atoms with van der Waals surface area (Å²) in [6, 6.07) is 17.4. The van der Waals surface area contributed by atoms with Gasteiger partial charge in [-0.1, -0.05) is 18.2 Å². The number of benzene rings is 3. The number of hydrogen-bond acceptors (Lipinski definition) is 4. The van der Waals surface area contributed by atoms with Gasteiger partial charge in [0.2, 0.25) is 0 Å². The molecule has 3 amide bonds. The maximum Gasteiger partial charge on any atom is 0.316 e. The first-order valence-corrected chi connectivity index (χ1v) is 11.3. The molecule has 0 fully saturated rings. The maximum atomic E-state index is 12.6. The van der Waals surface area contributed by atoms with Crippen LogP contribution < -0.4 is 21.1 Å². The lowest BCUT2D eigenvalue weighted by Crippen LogP contribution is -2.23. The van der Waals surface area contributed by atoms with Crippen LogP contribution in [0.2, 0.25) is 0 Å². The van der Waals surface area contributed by atoms with Crippen LogP contribution in [0, 0.1) is 13.8 Å². The van der Waals surface area contributed by atoms with E-state index in [0.717, 1.165) is 16.7 Å². The van der Waals surface area contributed by atoms with Gasteiger partial charge in [0.1, 0.15) is 0 Å². The molecule has 0 aliphatic heterocycles. The number of hydrogen-bond donors (Lipinski definition) is 4. The quantitative estimate of drug-likeness (QED) is 0.437. The fraction of sp³-hybridized carbons (Fsp3) is 0.130. The lowest BCUT2D eigenvalue weighted by Gasteiger charge is -2.11. The fourth-order valence-electron chi connectivity index (χ4n) is 2.92. The van der Waals surface area contributed by atoms with Crippen molar-refractivity contribution < 1.29 is 18.0 Å². The number of carbonyl (C=O) groups is 2. The molecule has 0 aliphatic rings. The van der Waals surface area contributed by atoms with E-state index in [4.69, 9.17) is 5.73 Å². The van der Waals surface area contributed by atoms with Gasteiger partial charge in [-0.15, -0.1) is 0 Å². The summed E-state index contributed by atoms with van der Waals surface area (Å²) in [5.74, 6) is -0.298. The van der Waals surface area contributed by atoms with Crippen molar-refractivity contribution in [2.75, 3.05) is 10.0 Å². The van der Waals surface area contributed by atoms with E-state index < -0.39 is 16.1 Å². The molecule has 166 valence electrons. The molecule has 0 bridgehead atoms. The van der Waals surface area contributed by atoms with Gasteiger partial charge in [-0.3, -0.25) is 9.52 Å². The predicted octanol–water partition coefficient (Wildman–Crippen LogP) is 3.52. The second-order valence-corrected chi connectivity index (χ2v) is 8.98. The lowest BCUT2D eigenvalue weighted by molar-refractivity contribution is 0.0951. The zero-order valence-electron chi connectivity index (χ0n) is 17.7. The lowest BCUT2D eigenvalue weighted by atomic mass is 10.1. The van der Waals surface area contributed by atoms with E-state index in [1.807, 2.05) is 13.8 Å². The minimum Gasteiger partial charge on any atom is -0.351 e. The van der Waals surface area contributed by atoms with Gasteiger partial charge in [0.15, 0.2) is 0 Å². The first kappa shape index (κ1) is 22.8. The number of urea groups is 1. The number of amides is 3. The molecular formula is C23H24N4O4S. The monoisotopic (exact) mass is 452 g/mol. The van der Waals surface area contributed by atoms with Crippen molar-refractivity contribution in [2.45, 2.75) is 25.3 Å². The van der Waals surface area contributed by atoms with Crippen molar-refractivity contribution in [1.82, 2.24) is 5.32 Å². The zero-order chi connectivity index (χ0) is 23.3. The SMILES string of the molecule is Cc1ccc(S(=O)(=O)Nc2ccc(C(=O)NCc3ccc(NC(N)=O)cc3)cc2)cc1C. The molecule has 0 atom stereocenters. The molecule has 3 aromatic carbocycles. The van der Waals surface area contributed by atoms with Gasteiger partial charge in [0, 0.05) is 23.5 Å². The molecule has 3 rings (SSSR count). The predicted molar refractivity (Wildman–Crippen MR) is 124 cm³/mol. The molecule has 0 heterocycles. The van der Waals surface area contributed by atoms with Gasteiger partial charge >= 0.3 is 6.03 Å². The Hall–Kier alpha value is -3.85. The average Bonchev–Trinajstić information content (AvgIpc) is 2.74. The fourth-order valence-corrected chi connectivity index (χ4v) is 4.06. The van der Waals surface area contributed by atoms with Crippen molar-refractivity contribution in [3.63, 3.8) is 0 Å². The van der Waals surface area contributed by atoms with Gasteiger partial charge in [-0.25, -0.2) is 13.2 Å². The molecule has 8 nitrogen and oxygen atoms in total. The Morgan fingerprint density at radius 2 is 1.47 bits per heavy atom. The second kappa shape index (κ2) is 9.52. The highest BCUT2D eigenvalue weighted by Gasteiger charge is 2.15. The first-order chi connectivity index (χ1) is 15.1. The van der Waals surface area contributed by atoms with Crippen molar-refractivity contribution in [3.05, 3.63) is 89.0 Å². The molecule has 0 unspecified atom stereocenters. The van der Waals surface area contributed by atoms with Crippen LogP contribution in [0.15, 0.2) is 71.6 Å². The van der Waals surface area contributed by atoms with E-state index in [9.17, 15) is 18.0 Å². The van der Waals surface area contributed by atoms with E-state index >= 15 is 0 Å². The molecule has 0 aliphatic carbocycles. The number of primary amides is 1. The molecule has 3 aromatic rings. The van der Waals surface area contributed by atoms with Crippen LogP contribution in [0.4, 0.5) is 16.2 Å². The number of rotatable bonds is 7. The van der Waals surface area contributed by atoms with Crippen LogP contribution in [0.3, 0.4) is 0 Å². The molecule has 0 aromatic heterocycles. The third-order valence-electron chi connectivity index (χ3n) is 4.86. The Kier molecular flexibility index (Phi) is 6.79. The van der Waals surface area contributed by atoms with Crippen molar-refractivity contribution in [3.8, 4) is 0 Å². The topological polar surface area (TPSA) is 130 Å². The van der Waals surface area contributed by atoms with Crippen LogP contribution in [0.5, 0.6) is 0 Å². The standard InChI is InChI=1S/C23H24N4O4S/c1-15-3-12-21(13-16(15)2)32(30,31)27-20-10-6-18(7-11-20)22(28)25-14-17-4-8-19(9-5-17)26-23(24)29/h3-13,27H,14H2,1-2H3,(H,25,28)(H3,24,26,29). The Morgan fingerprint density at radius 3 is 2.06 bits per heavy atom. The molecule has 0 saturated heterocycles. The van der Waals surface area contributed by atoms with Crippen LogP contribution in [0.1, 0.15) is 27.0 Å². The average molecular weight is 453 g/mol. The van der Waals surface area contributed by atoms with Crippen LogP contribution in [-0.4, -0.2) is 20.4 Å². The normalized spacial score (nSPS) is 10.9. The van der Waals surface area contributed by atoms with Crippen molar-refractivity contribution >= 4 is 33.3 Å². The number of sulfonamides is 1. The van der Waals surface area contributed by atoms with Crippen molar-refractivity contribution in [1.29, 1.82) is 0 Å². The summed E-state index contributed by atoms with van der Waals surface area (Å²) >= 11 is 0. The van der Waals surface area contributed by atoms with Crippen LogP contribution >= 0.6 is 0 Å². The van der Waals surface area contributed by atoms with Crippen LogP contribution in [0.25, 0.3) is 0 Å². The molecule has 0 radical (unpaired) electrons. The van der Waals surface area contributed by atoms with Crippen molar-refractivity contribution in [2.24, 2.45) is 5.73 Å². The highest BCUT2D eigenvalue weighted by atomic mass is 32.2. The minimum absolute atomic E-state index is 0.180. The maximum absolute atomic E-state index is 12.6. The zero-order valence-corrected chi connectivity index (χ0v) is 18.5. The first-order valence-electron chi connectivity index (χ1n) is 9.78. The minimum atomic E-state index is -3.73. The summed E-state index contributed by atoms with van der Waals surface area (Å²) in [6.07, 6.45) is 0. The highest BCUT2D eigenvalue weighted by molar-refractivity contribution is 7.92. The van der Waals surface area contributed by atoms with Crippen LogP contribution in [-0.2, 0) is 16.6 Å². The van der Waals surface area contributed by atoms with Gasteiger partial charge in [-0.05, 0) is 79.1 Å². The summed E-state index contributed by atoms with van der Waals surface area (Å²) in [5, 5.41) is 5.25. The summed E-state index contributed by atoms with van der Waals surface area (Å²) in [7, 11) is -3.73. The number of anilines is 2. The second-order valence-electron chi connectivity index (χ2n) is 7.30. The highest BCUT2D eigenvalue weighted by Crippen LogP contribution is 2.19. The largest absolute Gasteiger partial charge is 0.351 e. The molecule has 0 spiro atoms. The van der Waals surface area contributed by atoms with E-state index in [0.29, 0.717) is 16.9 Å². The van der Waals surface area contributed by atoms with Gasteiger partial charge in [-0.2, -0.15) is 0 Å². The molecule has 5 N–H and O–H groups in total. The third-order valence-corrected chi connectivity index (χ3v) is 6.24. The Balaban J connectivity index is 1.60. The molecule has 9 heteroatoms. The number of carbonyl (C=O) groups excluding carboxylic acids is 2. The van der Waals surface area contributed by atoms with E-state index in [-0.39, 0.29) is 17.3 Å². The summed E-state index contributed by atoms with van der Waals surface area (Å²) in [6.45, 7) is 4.06. The van der Waals surface area contributed by atoms with Gasteiger partial charge in [0.05, 0.1) is 4.90 Å². The summed E-state index contributed by atoms with van der Waals surface area (Å²) in [5.41, 5.74) is 9.12. The third kappa shape index (κ3) is 5.86. The van der Waals surface area contributed by atoms with Gasteiger partial charge < -0.3 is 16.4 Å². The molecular weight excluding hydrogens is 428 g/mol. The van der Waals surface area contributed by atoms with E-state index in [1.54, 1.807) is 54.6 Å². The number of nitrogens with one attached hydrogen (secondary N) is 3. The van der Waals surface area contributed by atoms with Gasteiger partial charge in [0.25, 0.3) is 15.9 Å². The summed E-state index contributed by atoms with van der Waals surface area (Å²) in [4.78, 5) is 23.4. The Bertz CT molecular complexity index is 1240. The van der Waals surface area contributed by atoms with E-state index in [2.05, 4.69) is 15.4 Å². The summed E-state index contributed by atoms with van der Waals surface area (Å²) < 4.78 is 27.7. The number of aryl methyl sites for hydroxylation is 2. The Morgan fingerprint density at radius 1 is 0.844 bits per heavy atom. The molecule has 32 heavy (non-hydrogen) atoms. The van der Waals surface area contributed by atoms with E-state index in [1.165, 1.54) is 12.1 Å². The Labute approximate surface area is 186 Å². The molecule has 0 saturated carbocycles. The number of nitrogens with two attached hydrogens (primary N) is 1.